The van der Waals surface area contributed by atoms with Gasteiger partial charge in [0.1, 0.15) is 0 Å². The van der Waals surface area contributed by atoms with Gasteiger partial charge in [0.05, 0.1) is 18.7 Å². The maximum Gasteiger partial charge on any atom is 0.452 e. The summed E-state index contributed by atoms with van der Waals surface area (Å²) in [7, 11) is 1.45. The largest absolute Gasteiger partial charge is 0.452 e. The molecule has 8 nitrogen and oxygen atoms in total. The molecule has 0 saturated carbocycles. The number of aromatic nitrogens is 1. The normalized spacial score (nSPS) is 10.0. The SMILES string of the molecule is CN(CCC(=O)NCc1ccccn1)C(=O)OOC(=O)CCc1ccccc1. The number of hydrogen-bond acceptors (Lipinski definition) is 6. The molecule has 0 unspecified atom stereocenters. The van der Waals surface area contributed by atoms with Crippen molar-refractivity contribution in [1.29, 1.82) is 0 Å². The average molecular weight is 385 g/mol. The fourth-order valence-corrected chi connectivity index (χ4v) is 2.22. The summed E-state index contributed by atoms with van der Waals surface area (Å²) in [6.45, 7) is 0.432. The molecule has 0 saturated heterocycles. The van der Waals surface area contributed by atoms with Crippen LogP contribution in [0.2, 0.25) is 0 Å². The van der Waals surface area contributed by atoms with Crippen molar-refractivity contribution in [3.63, 3.8) is 0 Å². The van der Waals surface area contributed by atoms with Crippen molar-refractivity contribution in [3.8, 4) is 0 Å². The van der Waals surface area contributed by atoms with Gasteiger partial charge >= 0.3 is 12.1 Å². The van der Waals surface area contributed by atoms with Crippen LogP contribution in [0.25, 0.3) is 0 Å². The van der Waals surface area contributed by atoms with E-state index < -0.39 is 12.1 Å². The minimum absolute atomic E-state index is 0.0837. The minimum atomic E-state index is -0.842. The molecule has 1 N–H and O–H groups in total. The van der Waals surface area contributed by atoms with Crippen LogP contribution in [-0.2, 0) is 32.3 Å². The third kappa shape index (κ3) is 7.86. The Morgan fingerprint density at radius 2 is 1.75 bits per heavy atom. The van der Waals surface area contributed by atoms with Gasteiger partial charge in [0.25, 0.3) is 0 Å². The van der Waals surface area contributed by atoms with Gasteiger partial charge in [-0.25, -0.2) is 19.4 Å². The van der Waals surface area contributed by atoms with E-state index >= 15 is 0 Å². The van der Waals surface area contributed by atoms with Crippen molar-refractivity contribution < 1.29 is 24.2 Å². The van der Waals surface area contributed by atoms with Gasteiger partial charge in [-0.15, -0.1) is 0 Å². The van der Waals surface area contributed by atoms with Crippen LogP contribution in [0.5, 0.6) is 0 Å². The molecule has 0 radical (unpaired) electrons. The van der Waals surface area contributed by atoms with Gasteiger partial charge in [0.15, 0.2) is 0 Å². The fraction of sp³-hybridized carbons (Fsp3) is 0.300. The molecule has 0 bridgehead atoms. The summed E-state index contributed by atoms with van der Waals surface area (Å²) >= 11 is 0. The first kappa shape index (κ1) is 20.9. The Balaban J connectivity index is 1.59. The van der Waals surface area contributed by atoms with Crippen molar-refractivity contribution >= 4 is 18.0 Å². The Hall–Kier alpha value is -3.42. The van der Waals surface area contributed by atoms with Crippen LogP contribution < -0.4 is 5.32 Å². The maximum absolute atomic E-state index is 11.8. The number of rotatable bonds is 8. The lowest BCUT2D eigenvalue weighted by molar-refractivity contribution is -0.236. The monoisotopic (exact) mass is 385 g/mol. The Kier molecular flexibility index (Phi) is 8.45. The van der Waals surface area contributed by atoms with E-state index in [1.54, 1.807) is 18.3 Å². The molecule has 0 aliphatic carbocycles. The zero-order valence-corrected chi connectivity index (χ0v) is 15.7. The molecule has 2 aromatic rings. The minimum Gasteiger partial charge on any atom is -0.350 e. The second-order valence-corrected chi connectivity index (χ2v) is 6.06. The molecule has 0 fully saturated rings. The van der Waals surface area contributed by atoms with Gasteiger partial charge in [0, 0.05) is 26.2 Å². The lowest BCUT2D eigenvalue weighted by Gasteiger charge is -2.15. The zero-order valence-electron chi connectivity index (χ0n) is 15.7. The molecule has 0 atom stereocenters. The fourth-order valence-electron chi connectivity index (χ4n) is 2.22. The first-order valence-electron chi connectivity index (χ1n) is 8.87. The lowest BCUT2D eigenvalue weighted by Crippen LogP contribution is -2.33. The van der Waals surface area contributed by atoms with E-state index in [9.17, 15) is 14.4 Å². The number of benzene rings is 1. The summed E-state index contributed by atoms with van der Waals surface area (Å²) in [5.41, 5.74) is 1.73. The summed E-state index contributed by atoms with van der Waals surface area (Å²) < 4.78 is 0. The number of pyridine rings is 1. The van der Waals surface area contributed by atoms with Crippen molar-refractivity contribution in [2.75, 3.05) is 13.6 Å². The van der Waals surface area contributed by atoms with E-state index in [1.165, 1.54) is 7.05 Å². The number of carbonyl (C=O) groups is 3. The molecule has 1 heterocycles. The van der Waals surface area contributed by atoms with Crippen LogP contribution in [0.15, 0.2) is 54.7 Å². The van der Waals surface area contributed by atoms with E-state index in [0.29, 0.717) is 13.0 Å². The summed E-state index contributed by atoms with van der Waals surface area (Å²) in [6.07, 6.45) is 1.47. The summed E-state index contributed by atoms with van der Waals surface area (Å²) in [5, 5.41) is 2.71. The highest BCUT2D eigenvalue weighted by Gasteiger charge is 2.15. The van der Waals surface area contributed by atoms with Gasteiger partial charge < -0.3 is 10.2 Å². The smallest absolute Gasteiger partial charge is 0.350 e. The average Bonchev–Trinajstić information content (AvgIpc) is 2.74. The first-order chi connectivity index (χ1) is 13.5. The van der Waals surface area contributed by atoms with Crippen LogP contribution in [0.1, 0.15) is 24.1 Å². The number of amides is 2. The molecule has 0 aliphatic rings. The Morgan fingerprint density at radius 3 is 2.46 bits per heavy atom. The second-order valence-electron chi connectivity index (χ2n) is 6.06. The van der Waals surface area contributed by atoms with Gasteiger partial charge in [-0.2, -0.15) is 0 Å². The van der Waals surface area contributed by atoms with Crippen molar-refractivity contribution in [1.82, 2.24) is 15.2 Å². The van der Waals surface area contributed by atoms with Crippen LogP contribution in [0.4, 0.5) is 4.79 Å². The van der Waals surface area contributed by atoms with Gasteiger partial charge in [-0.3, -0.25) is 9.78 Å². The number of nitrogens with one attached hydrogen (secondary N) is 1. The van der Waals surface area contributed by atoms with Crippen LogP contribution in [-0.4, -0.2) is 41.4 Å². The molecule has 8 heteroatoms. The summed E-state index contributed by atoms with van der Waals surface area (Å²) in [5.74, 6) is -0.871. The molecule has 0 spiro atoms. The van der Waals surface area contributed by atoms with E-state index in [4.69, 9.17) is 0 Å². The van der Waals surface area contributed by atoms with Crippen molar-refractivity contribution in [2.45, 2.75) is 25.8 Å². The Morgan fingerprint density at radius 1 is 1.00 bits per heavy atom. The predicted molar refractivity (Wildman–Crippen MR) is 101 cm³/mol. The van der Waals surface area contributed by atoms with Gasteiger partial charge in [0.2, 0.25) is 5.91 Å². The van der Waals surface area contributed by atoms with E-state index in [0.717, 1.165) is 16.2 Å². The third-order valence-corrected chi connectivity index (χ3v) is 3.85. The highest BCUT2D eigenvalue weighted by atomic mass is 17.2. The van der Waals surface area contributed by atoms with Crippen LogP contribution in [0.3, 0.4) is 0 Å². The number of nitrogens with zero attached hydrogens (tertiary/aromatic N) is 2. The molecular weight excluding hydrogens is 362 g/mol. The van der Waals surface area contributed by atoms with Gasteiger partial charge in [-0.05, 0) is 24.1 Å². The number of aryl methyl sites for hydroxylation is 1. The van der Waals surface area contributed by atoms with E-state index in [-0.39, 0.29) is 25.3 Å². The summed E-state index contributed by atoms with van der Waals surface area (Å²) in [4.78, 5) is 49.6. The van der Waals surface area contributed by atoms with Crippen molar-refractivity contribution in [3.05, 3.63) is 66.0 Å². The predicted octanol–water partition coefficient (Wildman–Crippen LogP) is 2.25. The molecule has 1 aromatic carbocycles. The molecule has 1 aromatic heterocycles. The van der Waals surface area contributed by atoms with Crippen LogP contribution in [0, 0.1) is 0 Å². The topological polar surface area (TPSA) is 97.8 Å². The second kappa shape index (κ2) is 11.3. The number of carbonyl (C=O) groups excluding carboxylic acids is 3. The zero-order chi connectivity index (χ0) is 20.2. The molecule has 2 rings (SSSR count). The van der Waals surface area contributed by atoms with Crippen LogP contribution >= 0.6 is 0 Å². The van der Waals surface area contributed by atoms with E-state index in [1.807, 2.05) is 36.4 Å². The molecule has 148 valence electrons. The molecular formula is C20H23N3O5. The standard InChI is InChI=1S/C20H23N3O5/c1-23(14-12-18(24)22-15-17-9-5-6-13-21-17)20(26)28-27-19(25)11-10-16-7-3-2-4-8-16/h2-9,13H,10-12,14-15H2,1H3,(H,22,24). The maximum atomic E-state index is 11.8. The van der Waals surface area contributed by atoms with Crippen molar-refractivity contribution in [2.24, 2.45) is 0 Å². The third-order valence-electron chi connectivity index (χ3n) is 3.85. The van der Waals surface area contributed by atoms with Gasteiger partial charge in [-0.1, -0.05) is 36.4 Å². The van der Waals surface area contributed by atoms with E-state index in [2.05, 4.69) is 20.1 Å². The Labute approximate surface area is 163 Å². The molecule has 2 amide bonds. The molecule has 28 heavy (non-hydrogen) atoms. The highest BCUT2D eigenvalue weighted by molar-refractivity contribution is 5.77. The summed E-state index contributed by atoms with van der Waals surface area (Å²) in [6, 6.07) is 14.9. The Bertz CT molecular complexity index is 768. The molecule has 0 aliphatic heterocycles. The lowest BCUT2D eigenvalue weighted by atomic mass is 10.1. The first-order valence-corrected chi connectivity index (χ1v) is 8.87. The highest BCUT2D eigenvalue weighted by Crippen LogP contribution is 2.04. The number of hydrogen-bond donors (Lipinski definition) is 1. The quantitative estimate of drug-likeness (QED) is 0.553.